The fourth-order valence-corrected chi connectivity index (χ4v) is 2.01. The first-order valence-corrected chi connectivity index (χ1v) is 7.24. The van der Waals surface area contributed by atoms with Crippen molar-refractivity contribution in [2.45, 2.75) is 51.6 Å². The highest BCUT2D eigenvalue weighted by atomic mass is 16.5. The second-order valence-electron chi connectivity index (χ2n) is 4.97. The molecular formula is C17H23O3. The van der Waals surface area contributed by atoms with Crippen LogP contribution in [0.4, 0.5) is 0 Å². The SMILES string of the molecule is [CH2]C(=O)CCCC(CCCC)OC(=O)c1ccccc1. The number of unbranched alkanes of at least 4 members (excludes halogenated alkanes) is 1. The number of ether oxygens (including phenoxy) is 1. The molecule has 0 aromatic heterocycles. The molecule has 1 aromatic rings. The van der Waals surface area contributed by atoms with E-state index in [1.165, 1.54) is 0 Å². The zero-order valence-electron chi connectivity index (χ0n) is 12.1. The maximum atomic E-state index is 12.0. The Labute approximate surface area is 121 Å². The van der Waals surface area contributed by atoms with Gasteiger partial charge in [0, 0.05) is 13.3 Å². The van der Waals surface area contributed by atoms with Gasteiger partial charge in [-0.3, -0.25) is 4.79 Å². The molecule has 1 radical (unpaired) electrons. The quantitative estimate of drug-likeness (QED) is 0.640. The molecular weight excluding hydrogens is 252 g/mol. The van der Waals surface area contributed by atoms with Gasteiger partial charge in [0.25, 0.3) is 0 Å². The standard InChI is InChI=1S/C17H23O3/c1-3-4-12-16(13-8-9-14(2)18)20-17(19)15-10-6-5-7-11-15/h5-7,10-11,16H,2-4,8-9,12-13H2,1H3. The number of esters is 1. The number of rotatable bonds is 9. The van der Waals surface area contributed by atoms with Gasteiger partial charge in [-0.15, -0.1) is 0 Å². The second-order valence-corrected chi connectivity index (χ2v) is 4.97. The Kier molecular flexibility index (Phi) is 7.63. The van der Waals surface area contributed by atoms with E-state index in [0.717, 1.165) is 32.1 Å². The molecule has 1 rings (SSSR count). The van der Waals surface area contributed by atoms with Gasteiger partial charge in [-0.05, 0) is 31.4 Å². The molecule has 20 heavy (non-hydrogen) atoms. The molecule has 0 N–H and O–H groups in total. The van der Waals surface area contributed by atoms with Gasteiger partial charge in [0.2, 0.25) is 0 Å². The molecule has 0 aliphatic rings. The monoisotopic (exact) mass is 275 g/mol. The fourth-order valence-electron chi connectivity index (χ4n) is 2.01. The van der Waals surface area contributed by atoms with Crippen LogP contribution in [0.25, 0.3) is 0 Å². The van der Waals surface area contributed by atoms with Gasteiger partial charge < -0.3 is 4.74 Å². The van der Waals surface area contributed by atoms with Crippen LogP contribution in [0.15, 0.2) is 30.3 Å². The third-order valence-corrected chi connectivity index (χ3v) is 3.14. The number of carbonyl (C=O) groups is 2. The molecule has 0 bridgehead atoms. The average molecular weight is 275 g/mol. The van der Waals surface area contributed by atoms with Crippen molar-refractivity contribution in [2.24, 2.45) is 0 Å². The average Bonchev–Trinajstić information content (AvgIpc) is 2.45. The van der Waals surface area contributed by atoms with Crippen LogP contribution in [0.5, 0.6) is 0 Å². The molecule has 0 aliphatic carbocycles. The first kappa shape index (κ1) is 16.4. The fraction of sp³-hybridized carbons (Fsp3) is 0.471. The largest absolute Gasteiger partial charge is 0.459 e. The summed E-state index contributed by atoms with van der Waals surface area (Å²) < 4.78 is 5.55. The Balaban J connectivity index is 2.50. The van der Waals surface area contributed by atoms with Crippen LogP contribution in [0.2, 0.25) is 0 Å². The van der Waals surface area contributed by atoms with Crippen molar-refractivity contribution in [1.29, 1.82) is 0 Å². The lowest BCUT2D eigenvalue weighted by atomic mass is 10.0. The number of hydrogen-bond donors (Lipinski definition) is 0. The van der Waals surface area contributed by atoms with Gasteiger partial charge in [0.15, 0.2) is 0 Å². The van der Waals surface area contributed by atoms with Crippen LogP contribution >= 0.6 is 0 Å². The summed E-state index contributed by atoms with van der Waals surface area (Å²) in [4.78, 5) is 22.9. The molecule has 3 nitrogen and oxygen atoms in total. The molecule has 0 fully saturated rings. The van der Waals surface area contributed by atoms with Crippen molar-refractivity contribution in [3.05, 3.63) is 42.8 Å². The minimum Gasteiger partial charge on any atom is -0.459 e. The lowest BCUT2D eigenvalue weighted by molar-refractivity contribution is -0.115. The molecule has 0 amide bonds. The summed E-state index contributed by atoms with van der Waals surface area (Å²) in [5.41, 5.74) is 0.572. The predicted molar refractivity (Wildman–Crippen MR) is 79.4 cm³/mol. The van der Waals surface area contributed by atoms with Gasteiger partial charge in [0.1, 0.15) is 11.9 Å². The first-order valence-electron chi connectivity index (χ1n) is 7.24. The van der Waals surface area contributed by atoms with Crippen LogP contribution in [0.3, 0.4) is 0 Å². The van der Waals surface area contributed by atoms with Gasteiger partial charge >= 0.3 is 5.97 Å². The summed E-state index contributed by atoms with van der Waals surface area (Å²) in [5, 5.41) is 0. The summed E-state index contributed by atoms with van der Waals surface area (Å²) in [6.07, 6.45) is 4.71. The summed E-state index contributed by atoms with van der Waals surface area (Å²) in [6.45, 7) is 5.47. The highest BCUT2D eigenvalue weighted by Crippen LogP contribution is 2.15. The second kappa shape index (κ2) is 9.29. The van der Waals surface area contributed by atoms with Crippen LogP contribution in [0.1, 0.15) is 55.8 Å². The van der Waals surface area contributed by atoms with E-state index in [-0.39, 0.29) is 17.9 Å². The normalized spacial score (nSPS) is 11.9. The van der Waals surface area contributed by atoms with Gasteiger partial charge in [-0.2, -0.15) is 0 Å². The Morgan fingerprint density at radius 3 is 2.40 bits per heavy atom. The zero-order chi connectivity index (χ0) is 14.8. The third-order valence-electron chi connectivity index (χ3n) is 3.14. The zero-order valence-corrected chi connectivity index (χ0v) is 12.1. The summed E-state index contributed by atoms with van der Waals surface area (Å²) in [5.74, 6) is -0.346. The van der Waals surface area contributed by atoms with Gasteiger partial charge in [-0.25, -0.2) is 4.79 Å². The number of carbonyl (C=O) groups excluding carboxylic acids is 2. The summed E-state index contributed by atoms with van der Waals surface area (Å²) >= 11 is 0. The number of hydrogen-bond acceptors (Lipinski definition) is 3. The molecule has 109 valence electrons. The van der Waals surface area contributed by atoms with Crippen molar-refractivity contribution < 1.29 is 14.3 Å². The van der Waals surface area contributed by atoms with E-state index < -0.39 is 0 Å². The molecule has 0 saturated carbocycles. The number of ketones is 1. The lowest BCUT2D eigenvalue weighted by Gasteiger charge is -2.17. The number of benzene rings is 1. The predicted octanol–water partition coefficient (Wildman–Crippen LogP) is 3.98. The maximum Gasteiger partial charge on any atom is 0.338 e. The van der Waals surface area contributed by atoms with Gasteiger partial charge in [0.05, 0.1) is 5.56 Å². The van der Waals surface area contributed by atoms with Crippen molar-refractivity contribution in [1.82, 2.24) is 0 Å². The molecule has 0 aliphatic heterocycles. The van der Waals surface area contributed by atoms with Crippen LogP contribution in [-0.2, 0) is 9.53 Å². The molecule has 3 heteroatoms. The minimum absolute atomic E-state index is 0.0615. The highest BCUT2D eigenvalue weighted by molar-refractivity contribution is 5.89. The topological polar surface area (TPSA) is 43.4 Å². The lowest BCUT2D eigenvalue weighted by Crippen LogP contribution is -2.18. The molecule has 1 aromatic carbocycles. The molecule has 1 atom stereocenters. The molecule has 0 heterocycles. The Morgan fingerprint density at radius 2 is 1.80 bits per heavy atom. The molecule has 0 saturated heterocycles. The van der Waals surface area contributed by atoms with E-state index in [4.69, 9.17) is 4.74 Å². The summed E-state index contributed by atoms with van der Waals surface area (Å²) in [6, 6.07) is 9.00. The summed E-state index contributed by atoms with van der Waals surface area (Å²) in [7, 11) is 0. The van der Waals surface area contributed by atoms with Crippen molar-refractivity contribution in [2.75, 3.05) is 0 Å². The third kappa shape index (κ3) is 6.50. The van der Waals surface area contributed by atoms with E-state index in [0.29, 0.717) is 12.0 Å². The maximum absolute atomic E-state index is 12.0. The van der Waals surface area contributed by atoms with E-state index in [9.17, 15) is 9.59 Å². The molecule has 0 spiro atoms. The Hall–Kier alpha value is -1.64. The van der Waals surface area contributed by atoms with Crippen LogP contribution < -0.4 is 0 Å². The Morgan fingerprint density at radius 1 is 1.15 bits per heavy atom. The van der Waals surface area contributed by atoms with Crippen LogP contribution in [0, 0.1) is 6.92 Å². The number of Topliss-reactive ketones (excluding diaryl/α,β-unsaturated/α-hetero) is 1. The van der Waals surface area contributed by atoms with E-state index >= 15 is 0 Å². The Bertz CT molecular complexity index is 412. The van der Waals surface area contributed by atoms with Crippen molar-refractivity contribution in [3.8, 4) is 0 Å². The van der Waals surface area contributed by atoms with Gasteiger partial charge in [-0.1, -0.05) is 38.0 Å². The smallest absolute Gasteiger partial charge is 0.338 e. The van der Waals surface area contributed by atoms with Crippen molar-refractivity contribution >= 4 is 11.8 Å². The van der Waals surface area contributed by atoms with E-state index in [2.05, 4.69) is 13.8 Å². The first-order chi connectivity index (χ1) is 9.63. The minimum atomic E-state index is -0.285. The molecule has 1 unspecified atom stereocenters. The van der Waals surface area contributed by atoms with Crippen LogP contribution in [-0.4, -0.2) is 17.9 Å². The van der Waals surface area contributed by atoms with E-state index in [1.807, 2.05) is 18.2 Å². The van der Waals surface area contributed by atoms with Crippen molar-refractivity contribution in [3.63, 3.8) is 0 Å². The van der Waals surface area contributed by atoms with E-state index in [1.54, 1.807) is 12.1 Å². The highest BCUT2D eigenvalue weighted by Gasteiger charge is 2.15.